The van der Waals surface area contributed by atoms with Gasteiger partial charge in [-0.15, -0.1) is 0 Å². The molecule has 0 aliphatic carbocycles. The van der Waals surface area contributed by atoms with E-state index in [0.29, 0.717) is 0 Å². The Hall–Kier alpha value is 0.646. The maximum atomic E-state index is 3.17. The van der Waals surface area contributed by atoms with Gasteiger partial charge in [0.25, 0.3) is 0 Å². The van der Waals surface area contributed by atoms with Gasteiger partial charge < -0.3 is 0 Å². The van der Waals surface area contributed by atoms with Crippen LogP contribution < -0.4 is 0 Å². The first-order chi connectivity index (χ1) is 7.52. The first-order valence-electron chi connectivity index (χ1n) is 4.53. The summed E-state index contributed by atoms with van der Waals surface area (Å²) in [6, 6.07) is 16.5. The molecule has 0 spiro atoms. The van der Waals surface area contributed by atoms with Gasteiger partial charge in [-0.1, -0.05) is 13.8 Å². The van der Waals surface area contributed by atoms with Crippen LogP contribution in [0.2, 0.25) is 0 Å². The van der Waals surface area contributed by atoms with E-state index in [2.05, 4.69) is 80.6 Å². The summed E-state index contributed by atoms with van der Waals surface area (Å²) in [5, 5.41) is 0. The fourth-order valence-electron chi connectivity index (χ4n) is 0.940. The molecule has 0 radical (unpaired) electrons. The van der Waals surface area contributed by atoms with Crippen LogP contribution in [-0.4, -0.2) is 0 Å². The maximum absolute atomic E-state index is 3.17. The van der Waals surface area contributed by atoms with Gasteiger partial charge in [0, 0.05) is 0 Å². The van der Waals surface area contributed by atoms with E-state index in [1.807, 2.05) is 24.3 Å². The molecule has 0 bridgehead atoms. The Bertz CT molecular complexity index is 290. The third kappa shape index (κ3) is 12.7. The topological polar surface area (TPSA) is 0 Å². The summed E-state index contributed by atoms with van der Waals surface area (Å²) in [7, 11) is -0.167. The van der Waals surface area contributed by atoms with Crippen LogP contribution >= 0.6 is 42.5 Å². The minimum absolute atomic E-state index is 0.167. The molecule has 0 aromatic heterocycles. The van der Waals surface area contributed by atoms with Crippen LogP contribution in [0.4, 0.5) is 0 Å². The fourth-order valence-corrected chi connectivity index (χ4v) is 0.940. The number of hydrogen-bond acceptors (Lipinski definition) is 0. The van der Waals surface area contributed by atoms with E-state index >= 15 is 0 Å². The summed E-state index contributed by atoms with van der Waals surface area (Å²) in [5.74, 6) is 0. The van der Waals surface area contributed by atoms with Crippen molar-refractivity contribution in [1.82, 2.24) is 0 Å². The van der Waals surface area contributed by atoms with Crippen molar-refractivity contribution in [2.45, 2.75) is 13.8 Å². The van der Waals surface area contributed by atoms with E-state index < -0.39 is 0 Å². The van der Waals surface area contributed by atoms with E-state index in [9.17, 15) is 0 Å². The molecule has 0 atom stereocenters. The molecule has 0 amide bonds. The first-order valence-corrected chi connectivity index (χ1v) is 12.3. The van der Waals surface area contributed by atoms with Gasteiger partial charge in [0.1, 0.15) is 0 Å². The van der Waals surface area contributed by atoms with Crippen molar-refractivity contribution in [1.29, 1.82) is 0 Å². The molecule has 0 saturated carbocycles. The van der Waals surface area contributed by atoms with Crippen molar-refractivity contribution in [2.24, 2.45) is 0 Å². The average molecular weight is 457 g/mol. The predicted octanol–water partition coefficient (Wildman–Crippen LogP) is 5.96. The van der Waals surface area contributed by atoms with Gasteiger partial charge in [-0.05, 0) is 0 Å². The van der Waals surface area contributed by atoms with Crippen molar-refractivity contribution in [3.8, 4) is 0 Å². The van der Waals surface area contributed by atoms with Crippen molar-refractivity contribution in [2.75, 3.05) is 0 Å². The zero-order chi connectivity index (χ0) is 12.4. The average Bonchev–Trinajstić information content (AvgIpc) is 2.78. The standard InChI is InChI=1S/2C6H7.3BrH.Co/c2*1-6-4-2-3-5-6;;;;/h2*2-5H,1H3;3*1H;/q2*-1;;;;+3/p-3. The Balaban J connectivity index is 0.000000217. The van der Waals surface area contributed by atoms with Gasteiger partial charge in [0.15, 0.2) is 0 Å². The second kappa shape index (κ2) is 10.8. The summed E-state index contributed by atoms with van der Waals surface area (Å²) >= 11 is 9.50. The van der Waals surface area contributed by atoms with Gasteiger partial charge in [-0.2, -0.15) is 35.4 Å². The second-order valence-corrected chi connectivity index (χ2v) is 18.8. The quantitative estimate of drug-likeness (QED) is 0.429. The summed E-state index contributed by atoms with van der Waals surface area (Å²) in [4.78, 5) is 0. The normalized spacial score (nSPS) is 9.44. The SMILES string of the molecule is C[c-]1cccc1.C[c-]1cccc1.[Br][Co]([Br])[Br]. The molecule has 0 saturated heterocycles. The monoisotopic (exact) mass is 454 g/mol. The summed E-state index contributed by atoms with van der Waals surface area (Å²) in [6.07, 6.45) is 0. The van der Waals surface area contributed by atoms with Crippen LogP contribution in [0.5, 0.6) is 0 Å². The molecule has 4 heteroatoms. The molecule has 0 heterocycles. The number of aryl methyl sites for hydroxylation is 2. The molecule has 0 fully saturated rings. The minimum atomic E-state index is -0.167. The van der Waals surface area contributed by atoms with E-state index in [0.717, 1.165) is 0 Å². The molecular formula is C12H14Br3Co-2. The Morgan fingerprint density at radius 1 is 0.688 bits per heavy atom. The third-order valence-corrected chi connectivity index (χ3v) is 1.66. The summed E-state index contributed by atoms with van der Waals surface area (Å²) < 4.78 is 0. The van der Waals surface area contributed by atoms with Gasteiger partial charge in [-0.25, -0.2) is 24.3 Å². The molecule has 0 nitrogen and oxygen atoms in total. The van der Waals surface area contributed by atoms with Crippen molar-refractivity contribution < 1.29 is 8.29 Å². The van der Waals surface area contributed by atoms with Gasteiger partial charge in [0.2, 0.25) is 0 Å². The fraction of sp³-hybridized carbons (Fsp3) is 0.167. The summed E-state index contributed by atoms with van der Waals surface area (Å²) in [5.41, 5.74) is 2.69. The van der Waals surface area contributed by atoms with E-state index in [4.69, 9.17) is 0 Å². The van der Waals surface area contributed by atoms with Crippen LogP contribution in [0, 0.1) is 13.8 Å². The van der Waals surface area contributed by atoms with Crippen molar-refractivity contribution in [3.63, 3.8) is 0 Å². The Morgan fingerprint density at radius 3 is 0.938 bits per heavy atom. The molecule has 0 unspecified atom stereocenters. The van der Waals surface area contributed by atoms with Crippen molar-refractivity contribution in [3.05, 3.63) is 59.7 Å². The zero-order valence-electron chi connectivity index (χ0n) is 9.09. The molecule has 16 heavy (non-hydrogen) atoms. The van der Waals surface area contributed by atoms with Crippen LogP contribution in [0.25, 0.3) is 0 Å². The number of halogens is 3. The Labute approximate surface area is 123 Å². The number of hydrogen-bond donors (Lipinski definition) is 0. The molecular weight excluding hydrogens is 443 g/mol. The molecule has 0 N–H and O–H groups in total. The molecule has 2 aromatic carbocycles. The second-order valence-electron chi connectivity index (χ2n) is 3.07. The van der Waals surface area contributed by atoms with E-state index in [1.165, 1.54) is 11.1 Å². The van der Waals surface area contributed by atoms with Crippen LogP contribution in [-0.2, 0) is 8.29 Å². The number of rotatable bonds is 0. The van der Waals surface area contributed by atoms with E-state index in [1.54, 1.807) is 0 Å². The predicted molar refractivity (Wildman–Crippen MR) is 80.3 cm³/mol. The molecule has 0 aliphatic rings. The van der Waals surface area contributed by atoms with Crippen LogP contribution in [0.15, 0.2) is 48.5 Å². The molecule has 2 aromatic rings. The summed E-state index contributed by atoms with van der Waals surface area (Å²) in [6.45, 7) is 4.17. The first kappa shape index (κ1) is 16.6. The van der Waals surface area contributed by atoms with Gasteiger partial charge >= 0.3 is 50.8 Å². The van der Waals surface area contributed by atoms with E-state index in [-0.39, 0.29) is 8.29 Å². The Kier molecular flexibility index (Phi) is 11.2. The molecule has 2 rings (SSSR count). The Morgan fingerprint density at radius 2 is 0.875 bits per heavy atom. The van der Waals surface area contributed by atoms with Crippen LogP contribution in [0.1, 0.15) is 11.1 Å². The van der Waals surface area contributed by atoms with Gasteiger partial charge in [0.05, 0.1) is 0 Å². The zero-order valence-corrected chi connectivity index (χ0v) is 14.9. The van der Waals surface area contributed by atoms with Crippen LogP contribution in [0.3, 0.4) is 0 Å². The molecule has 94 valence electrons. The van der Waals surface area contributed by atoms with Crippen molar-refractivity contribution >= 4 is 42.5 Å². The van der Waals surface area contributed by atoms with Gasteiger partial charge in [-0.3, -0.25) is 0 Å². The third-order valence-electron chi connectivity index (χ3n) is 1.66. The molecule has 0 aliphatic heterocycles.